The number of carbonyl (C=O) groups excluding carboxylic acids is 1. The summed E-state index contributed by atoms with van der Waals surface area (Å²) in [6, 6.07) is 13.8. The van der Waals surface area contributed by atoms with E-state index in [4.69, 9.17) is 9.40 Å². The number of anilines is 1. The lowest BCUT2D eigenvalue weighted by Crippen LogP contribution is -2.35. The van der Waals surface area contributed by atoms with E-state index in [1.54, 1.807) is 6.20 Å². The zero-order valence-corrected chi connectivity index (χ0v) is 18.2. The van der Waals surface area contributed by atoms with E-state index in [1.807, 2.05) is 42.5 Å². The van der Waals surface area contributed by atoms with Crippen LogP contribution in [0.25, 0.3) is 33.8 Å². The lowest BCUT2D eigenvalue weighted by Gasteiger charge is -2.11. The summed E-state index contributed by atoms with van der Waals surface area (Å²) in [6.45, 7) is 1.91. The van der Waals surface area contributed by atoms with Crippen LogP contribution in [0.2, 0.25) is 0 Å². The first kappa shape index (κ1) is 20.1. The lowest BCUT2D eigenvalue weighted by molar-refractivity contribution is -0.117. The summed E-state index contributed by atoms with van der Waals surface area (Å²) < 4.78 is 6.15. The molecule has 0 radical (unpaired) electrons. The van der Waals surface area contributed by atoms with Crippen molar-refractivity contribution in [3.63, 3.8) is 0 Å². The zero-order chi connectivity index (χ0) is 22.2. The number of imidazole rings is 1. The highest BCUT2D eigenvalue weighted by Crippen LogP contribution is 2.32. The Labute approximate surface area is 191 Å². The van der Waals surface area contributed by atoms with E-state index in [2.05, 4.69) is 25.9 Å². The standard InChI is InChI=1S/C25H26N6O2/c32-24(20-10-4-12-27-20)29-16-6-1-5-15(13-16)21-14-28-25(33-21)17-7-2-8-18-22(17)31-23(30-18)19-9-3-11-26-19/h1-2,5-8,13-14,19-20,26-27H,3-4,9-12H2,(H,29,32)(H,30,31)/t19-,20-/m0/s1. The second-order valence-electron chi connectivity index (χ2n) is 8.72. The van der Waals surface area contributed by atoms with Gasteiger partial charge in [-0.15, -0.1) is 0 Å². The third kappa shape index (κ3) is 3.92. The summed E-state index contributed by atoms with van der Waals surface area (Å²) in [5, 5.41) is 9.72. The van der Waals surface area contributed by atoms with Gasteiger partial charge in [0.1, 0.15) is 11.3 Å². The topological polar surface area (TPSA) is 108 Å². The number of carbonyl (C=O) groups is 1. The van der Waals surface area contributed by atoms with Crippen LogP contribution in [-0.4, -0.2) is 40.0 Å². The Morgan fingerprint density at radius 1 is 1.06 bits per heavy atom. The normalized spacial score (nSPS) is 20.5. The average Bonchev–Trinajstić information content (AvgIpc) is 3.64. The molecule has 0 saturated carbocycles. The molecule has 4 N–H and O–H groups in total. The molecule has 2 aromatic carbocycles. The van der Waals surface area contributed by atoms with Gasteiger partial charge in [-0.25, -0.2) is 9.97 Å². The molecule has 2 aromatic heterocycles. The fraction of sp³-hybridized carbons (Fsp3) is 0.320. The van der Waals surface area contributed by atoms with Crippen LogP contribution in [0, 0.1) is 0 Å². The van der Waals surface area contributed by atoms with Gasteiger partial charge in [0.05, 0.1) is 29.4 Å². The number of amides is 1. The van der Waals surface area contributed by atoms with Crippen molar-refractivity contribution in [3.8, 4) is 22.8 Å². The molecule has 168 valence electrons. The van der Waals surface area contributed by atoms with Gasteiger partial charge in [0, 0.05) is 11.3 Å². The Morgan fingerprint density at radius 2 is 1.94 bits per heavy atom. The second-order valence-corrected chi connectivity index (χ2v) is 8.72. The van der Waals surface area contributed by atoms with Gasteiger partial charge in [-0.2, -0.15) is 0 Å². The zero-order valence-electron chi connectivity index (χ0n) is 18.2. The largest absolute Gasteiger partial charge is 0.436 e. The number of aromatic nitrogens is 3. The number of benzene rings is 2. The van der Waals surface area contributed by atoms with Crippen molar-refractivity contribution in [1.29, 1.82) is 0 Å². The molecule has 0 aliphatic carbocycles. The van der Waals surface area contributed by atoms with Gasteiger partial charge in [-0.05, 0) is 63.0 Å². The first-order valence-electron chi connectivity index (χ1n) is 11.6. The molecule has 0 spiro atoms. The average molecular weight is 443 g/mol. The van der Waals surface area contributed by atoms with Crippen LogP contribution < -0.4 is 16.0 Å². The number of nitrogens with zero attached hydrogens (tertiary/aromatic N) is 2. The second kappa shape index (κ2) is 8.46. The van der Waals surface area contributed by atoms with Crippen molar-refractivity contribution >= 4 is 22.6 Å². The van der Waals surface area contributed by atoms with E-state index >= 15 is 0 Å². The maximum atomic E-state index is 12.4. The van der Waals surface area contributed by atoms with Crippen molar-refractivity contribution in [2.75, 3.05) is 18.4 Å². The van der Waals surface area contributed by atoms with Crippen molar-refractivity contribution in [3.05, 3.63) is 54.5 Å². The van der Waals surface area contributed by atoms with Crippen LogP contribution in [0.15, 0.2) is 53.1 Å². The molecule has 2 aliphatic rings. The monoisotopic (exact) mass is 442 g/mol. The molecule has 8 heteroatoms. The number of para-hydroxylation sites is 1. The number of H-pyrrole nitrogens is 1. The van der Waals surface area contributed by atoms with Gasteiger partial charge in [0.2, 0.25) is 11.8 Å². The smallest absolute Gasteiger partial charge is 0.241 e. The minimum Gasteiger partial charge on any atom is -0.436 e. The summed E-state index contributed by atoms with van der Waals surface area (Å²) in [5.74, 6) is 2.13. The Bertz CT molecular complexity index is 1300. The van der Waals surface area contributed by atoms with E-state index in [1.165, 1.54) is 0 Å². The third-order valence-electron chi connectivity index (χ3n) is 6.45. The summed E-state index contributed by atoms with van der Waals surface area (Å²) in [6.07, 6.45) is 5.87. The van der Waals surface area contributed by atoms with Gasteiger partial charge in [0.15, 0.2) is 5.76 Å². The van der Waals surface area contributed by atoms with Gasteiger partial charge < -0.3 is 25.4 Å². The van der Waals surface area contributed by atoms with E-state index in [0.29, 0.717) is 11.7 Å². The van der Waals surface area contributed by atoms with E-state index < -0.39 is 0 Å². The summed E-state index contributed by atoms with van der Waals surface area (Å²) in [4.78, 5) is 25.3. The number of hydrogen-bond acceptors (Lipinski definition) is 6. The number of aromatic amines is 1. The number of rotatable bonds is 5. The first-order valence-corrected chi connectivity index (χ1v) is 11.6. The molecule has 6 rings (SSSR count). The summed E-state index contributed by atoms with van der Waals surface area (Å²) >= 11 is 0. The highest BCUT2D eigenvalue weighted by molar-refractivity contribution is 5.95. The summed E-state index contributed by atoms with van der Waals surface area (Å²) in [7, 11) is 0. The fourth-order valence-electron chi connectivity index (χ4n) is 4.73. The maximum absolute atomic E-state index is 12.4. The highest BCUT2D eigenvalue weighted by Gasteiger charge is 2.23. The maximum Gasteiger partial charge on any atom is 0.241 e. The number of hydrogen-bond donors (Lipinski definition) is 4. The fourth-order valence-corrected chi connectivity index (χ4v) is 4.73. The predicted octanol–water partition coefficient (Wildman–Crippen LogP) is 4.00. The van der Waals surface area contributed by atoms with Crippen LogP contribution in [0.5, 0.6) is 0 Å². The highest BCUT2D eigenvalue weighted by atomic mass is 16.4. The first-order chi connectivity index (χ1) is 16.2. The molecule has 2 atom stereocenters. The predicted molar refractivity (Wildman–Crippen MR) is 127 cm³/mol. The number of nitrogens with one attached hydrogen (secondary N) is 4. The number of oxazole rings is 1. The van der Waals surface area contributed by atoms with Crippen molar-refractivity contribution in [1.82, 2.24) is 25.6 Å². The van der Waals surface area contributed by atoms with Crippen molar-refractivity contribution < 1.29 is 9.21 Å². The molecule has 1 amide bonds. The Hall–Kier alpha value is -3.49. The van der Waals surface area contributed by atoms with Gasteiger partial charge in [-0.3, -0.25) is 4.79 Å². The van der Waals surface area contributed by atoms with E-state index in [0.717, 1.165) is 72.4 Å². The van der Waals surface area contributed by atoms with Crippen LogP contribution in [0.3, 0.4) is 0 Å². The number of fused-ring (bicyclic) bond motifs is 1. The van der Waals surface area contributed by atoms with Crippen LogP contribution >= 0.6 is 0 Å². The molecule has 0 unspecified atom stereocenters. The summed E-state index contributed by atoms with van der Waals surface area (Å²) in [5.41, 5.74) is 4.29. The molecule has 2 aliphatic heterocycles. The molecule has 2 fully saturated rings. The Morgan fingerprint density at radius 3 is 2.79 bits per heavy atom. The van der Waals surface area contributed by atoms with Gasteiger partial charge in [0.25, 0.3) is 0 Å². The molecular weight excluding hydrogens is 416 g/mol. The van der Waals surface area contributed by atoms with E-state index in [-0.39, 0.29) is 18.0 Å². The SMILES string of the molecule is O=C(Nc1cccc(-c2cnc(-c3cccc4[nH]c([C@@H]5CCCN5)nc34)o2)c1)[C@@H]1CCCN1. The Balaban J connectivity index is 1.27. The molecular formula is C25H26N6O2. The molecule has 2 saturated heterocycles. The molecule has 4 aromatic rings. The van der Waals surface area contributed by atoms with Crippen LogP contribution in [-0.2, 0) is 4.79 Å². The van der Waals surface area contributed by atoms with E-state index in [9.17, 15) is 4.79 Å². The van der Waals surface area contributed by atoms with Crippen molar-refractivity contribution in [2.24, 2.45) is 0 Å². The molecule has 4 heterocycles. The Kier molecular flexibility index (Phi) is 5.16. The van der Waals surface area contributed by atoms with Gasteiger partial charge >= 0.3 is 0 Å². The van der Waals surface area contributed by atoms with Gasteiger partial charge in [-0.1, -0.05) is 18.2 Å². The van der Waals surface area contributed by atoms with Crippen LogP contribution in [0.1, 0.15) is 37.5 Å². The lowest BCUT2D eigenvalue weighted by atomic mass is 10.1. The van der Waals surface area contributed by atoms with Crippen LogP contribution in [0.4, 0.5) is 5.69 Å². The molecule has 0 bridgehead atoms. The minimum atomic E-state index is -0.121. The van der Waals surface area contributed by atoms with Crippen molar-refractivity contribution in [2.45, 2.75) is 37.8 Å². The molecule has 8 nitrogen and oxygen atoms in total. The molecule has 33 heavy (non-hydrogen) atoms. The quantitative estimate of drug-likeness (QED) is 0.372. The minimum absolute atomic E-state index is 0.000626. The third-order valence-corrected chi connectivity index (χ3v) is 6.45.